The van der Waals surface area contributed by atoms with E-state index in [-0.39, 0.29) is 40.7 Å². The van der Waals surface area contributed by atoms with Gasteiger partial charge in [-0.15, -0.1) is 10.2 Å². The van der Waals surface area contributed by atoms with Crippen molar-refractivity contribution in [3.63, 3.8) is 0 Å². The van der Waals surface area contributed by atoms with E-state index in [9.17, 15) is 5.11 Å². The Bertz CT molecular complexity index is 723. The molecule has 0 bridgehead atoms. The van der Waals surface area contributed by atoms with Crippen molar-refractivity contribution in [1.29, 1.82) is 0 Å². The summed E-state index contributed by atoms with van der Waals surface area (Å²) in [5.74, 6) is 2.21. The molecule has 1 heterocycles. The summed E-state index contributed by atoms with van der Waals surface area (Å²) in [6.45, 7) is 9.78. The van der Waals surface area contributed by atoms with E-state index in [1.807, 2.05) is 6.07 Å². The number of aromatic nitrogens is 4. The van der Waals surface area contributed by atoms with Crippen molar-refractivity contribution in [2.45, 2.75) is 84.5 Å². The third kappa shape index (κ3) is 8.44. The Morgan fingerprint density at radius 1 is 0.967 bits per heavy atom. The van der Waals surface area contributed by atoms with E-state index in [4.69, 9.17) is 9.47 Å². The first-order valence-electron chi connectivity index (χ1n) is 10.8. The van der Waals surface area contributed by atoms with Crippen LogP contribution in [-0.2, 0) is 11.8 Å². The molecular formula is C22H36N4NaO3. The number of phenols is 1. The predicted molar refractivity (Wildman–Crippen MR) is 119 cm³/mol. The second kappa shape index (κ2) is 13.9. The molecule has 8 heteroatoms. The smallest absolute Gasteiger partial charge is 0.180 e. The Balaban J connectivity index is 0.00000450. The number of hydrogen-bond acceptors (Lipinski definition) is 6. The average Bonchev–Trinajstić information content (AvgIpc) is 3.25. The molecule has 0 aliphatic carbocycles. The first-order valence-corrected chi connectivity index (χ1v) is 10.8. The molecule has 0 unspecified atom stereocenters. The normalized spacial score (nSPS) is 11.2. The molecule has 2 rings (SSSR count). The van der Waals surface area contributed by atoms with Crippen LogP contribution in [0.5, 0.6) is 17.2 Å². The van der Waals surface area contributed by atoms with Gasteiger partial charge in [0.15, 0.2) is 17.3 Å². The average molecular weight is 428 g/mol. The minimum Gasteiger partial charge on any atom is -0.504 e. The molecule has 7 nitrogen and oxygen atoms in total. The molecule has 0 atom stereocenters. The van der Waals surface area contributed by atoms with Gasteiger partial charge in [-0.1, -0.05) is 58.6 Å². The maximum absolute atomic E-state index is 10.3. The van der Waals surface area contributed by atoms with Gasteiger partial charge >= 0.3 is 0 Å². The number of tetrazole rings is 1. The molecule has 1 aromatic heterocycles. The minimum atomic E-state index is -0.0814. The van der Waals surface area contributed by atoms with Gasteiger partial charge in [-0.3, -0.25) is 0 Å². The van der Waals surface area contributed by atoms with E-state index < -0.39 is 0 Å². The number of benzene rings is 1. The van der Waals surface area contributed by atoms with Crippen molar-refractivity contribution in [1.82, 2.24) is 20.6 Å². The predicted octanol–water partition coefficient (Wildman–Crippen LogP) is 4.57. The zero-order valence-electron chi connectivity index (χ0n) is 19.3. The Hall–Kier alpha value is -1.31. The van der Waals surface area contributed by atoms with E-state index in [0.717, 1.165) is 68.5 Å². The Morgan fingerprint density at radius 3 is 2.30 bits per heavy atom. The summed E-state index contributed by atoms with van der Waals surface area (Å²) >= 11 is 0. The van der Waals surface area contributed by atoms with E-state index in [0.29, 0.717) is 19.0 Å². The number of aromatic hydroxyl groups is 1. The van der Waals surface area contributed by atoms with Crippen LogP contribution in [0.15, 0.2) is 12.1 Å². The second-order valence-electron chi connectivity index (χ2n) is 8.12. The molecule has 2 aromatic rings. The quantitative estimate of drug-likeness (QED) is 0.339. The van der Waals surface area contributed by atoms with E-state index in [1.165, 1.54) is 0 Å². The number of ether oxygens (including phenoxy) is 2. The van der Waals surface area contributed by atoms with Crippen LogP contribution < -0.4 is 9.47 Å². The fraction of sp³-hybridized carbons (Fsp3) is 0.682. The van der Waals surface area contributed by atoms with Crippen LogP contribution in [0.2, 0.25) is 0 Å². The van der Waals surface area contributed by atoms with Gasteiger partial charge in [0.05, 0.1) is 13.2 Å². The number of nitrogens with zero attached hydrogens (tertiary/aromatic N) is 3. The van der Waals surface area contributed by atoms with Crippen LogP contribution in [0.3, 0.4) is 0 Å². The Morgan fingerprint density at radius 2 is 1.67 bits per heavy atom. The number of aromatic amines is 1. The maximum atomic E-state index is 10.3. The van der Waals surface area contributed by atoms with E-state index in [1.54, 1.807) is 6.07 Å². The van der Waals surface area contributed by atoms with Gasteiger partial charge in [0.1, 0.15) is 5.75 Å². The summed E-state index contributed by atoms with van der Waals surface area (Å²) in [5.41, 5.74) is 0.980. The van der Waals surface area contributed by atoms with Crippen LogP contribution in [0.25, 0.3) is 0 Å². The Kier molecular flexibility index (Phi) is 12.4. The van der Waals surface area contributed by atoms with Crippen molar-refractivity contribution < 1.29 is 14.6 Å². The van der Waals surface area contributed by atoms with E-state index in [2.05, 4.69) is 48.3 Å². The monoisotopic (exact) mass is 427 g/mol. The van der Waals surface area contributed by atoms with Crippen molar-refractivity contribution in [2.24, 2.45) is 0 Å². The van der Waals surface area contributed by atoms with E-state index >= 15 is 0 Å². The summed E-state index contributed by atoms with van der Waals surface area (Å²) in [4.78, 5) is 0. The van der Waals surface area contributed by atoms with Crippen LogP contribution in [0.4, 0.5) is 0 Å². The summed E-state index contributed by atoms with van der Waals surface area (Å²) in [5, 5.41) is 24.6. The maximum Gasteiger partial charge on any atom is 0.180 e. The van der Waals surface area contributed by atoms with Crippen molar-refractivity contribution >= 4 is 29.6 Å². The van der Waals surface area contributed by atoms with Gasteiger partial charge in [-0.05, 0) is 37.3 Å². The van der Waals surface area contributed by atoms with Gasteiger partial charge in [-0.2, -0.15) is 5.21 Å². The number of nitrogens with one attached hydrogen (secondary N) is 1. The number of phenolic OH excluding ortho intramolecular Hbond substituents is 1. The number of hydrogen-bond donors (Lipinski definition) is 2. The third-order valence-corrected chi connectivity index (χ3v) is 5.18. The summed E-state index contributed by atoms with van der Waals surface area (Å²) < 4.78 is 11.7. The molecule has 163 valence electrons. The molecule has 1 radical (unpaired) electrons. The zero-order chi connectivity index (χ0) is 21.1. The van der Waals surface area contributed by atoms with Gasteiger partial charge in [0.25, 0.3) is 0 Å². The molecule has 2 N–H and O–H groups in total. The summed E-state index contributed by atoms with van der Waals surface area (Å²) in [7, 11) is 0. The number of unbranched alkanes of at least 4 members (excludes halogenated alkanes) is 4. The van der Waals surface area contributed by atoms with Crippen molar-refractivity contribution in [3.8, 4) is 17.2 Å². The fourth-order valence-electron chi connectivity index (χ4n) is 3.24. The molecule has 0 amide bonds. The van der Waals surface area contributed by atoms with Crippen molar-refractivity contribution in [3.05, 3.63) is 23.5 Å². The largest absolute Gasteiger partial charge is 0.504 e. The van der Waals surface area contributed by atoms with Crippen molar-refractivity contribution in [2.75, 3.05) is 13.2 Å². The van der Waals surface area contributed by atoms with Gasteiger partial charge in [0.2, 0.25) is 0 Å². The van der Waals surface area contributed by atoms with Gasteiger partial charge < -0.3 is 14.6 Å². The Labute approximate surface area is 202 Å². The van der Waals surface area contributed by atoms with Crippen LogP contribution in [0, 0.1) is 0 Å². The summed E-state index contributed by atoms with van der Waals surface area (Å²) in [6, 6.07) is 3.59. The molecule has 0 spiro atoms. The fourth-order valence-corrected chi connectivity index (χ4v) is 3.24. The van der Waals surface area contributed by atoms with Gasteiger partial charge in [-0.25, -0.2) is 0 Å². The molecular weight excluding hydrogens is 391 g/mol. The molecule has 0 saturated heterocycles. The van der Waals surface area contributed by atoms with Crippen LogP contribution >= 0.6 is 0 Å². The standard InChI is InChI=1S/C22H36N4O3.Na/c1-5-7-10-13-29-20-15-17(6-2)19(16-18(20)27)28-14-11-8-9-12-22(3,4)21-23-25-26-24-21;/h15-16,27H,5-14H2,1-4H3,(H,23,24,25,26);. The number of rotatable bonds is 14. The third-order valence-electron chi connectivity index (χ3n) is 5.18. The minimum absolute atomic E-state index is 0. The SMILES string of the molecule is CCCCCOc1cc(CC)c(OCCCCCC(C)(C)c2nn[nH]n2)cc1O.[Na]. The second-order valence-corrected chi connectivity index (χ2v) is 8.12. The number of aryl methyl sites for hydroxylation is 1. The molecule has 0 saturated carbocycles. The molecule has 0 fully saturated rings. The first kappa shape index (κ1) is 26.7. The zero-order valence-corrected chi connectivity index (χ0v) is 21.3. The molecule has 0 aliphatic rings. The molecule has 1 aromatic carbocycles. The van der Waals surface area contributed by atoms with Gasteiger partial charge in [0, 0.05) is 41.0 Å². The molecule has 30 heavy (non-hydrogen) atoms. The summed E-state index contributed by atoms with van der Waals surface area (Å²) in [6.07, 6.45) is 8.21. The van der Waals surface area contributed by atoms with Crippen LogP contribution in [-0.4, -0.2) is 68.5 Å². The first-order chi connectivity index (χ1) is 14.0. The molecule has 0 aliphatic heterocycles. The van der Waals surface area contributed by atoms with Crippen LogP contribution in [0.1, 0.15) is 84.0 Å². The topological polar surface area (TPSA) is 93.2 Å². The number of H-pyrrole nitrogens is 1.